The number of carbonyl (C=O) groups excluding carboxylic acids is 1. The van der Waals surface area contributed by atoms with Crippen molar-refractivity contribution >= 4 is 21.6 Å². The van der Waals surface area contributed by atoms with Crippen LogP contribution >= 0.6 is 0 Å². The van der Waals surface area contributed by atoms with Gasteiger partial charge in [-0.1, -0.05) is 60.6 Å². The molecule has 0 aliphatic heterocycles. The number of nitrogens with zero attached hydrogens (tertiary/aromatic N) is 3. The number of benzene rings is 3. The van der Waals surface area contributed by atoms with Crippen LogP contribution in [0.15, 0.2) is 82.2 Å². The van der Waals surface area contributed by atoms with Crippen LogP contribution in [-0.2, 0) is 16.4 Å². The van der Waals surface area contributed by atoms with Crippen molar-refractivity contribution in [1.82, 2.24) is 15.0 Å². The molecule has 0 aliphatic rings. The van der Waals surface area contributed by atoms with Gasteiger partial charge in [-0.3, -0.25) is 0 Å². The highest BCUT2D eigenvalue weighted by molar-refractivity contribution is 7.90. The standard InChI is InChI=1S/C27H28N4O4S/c1-4-16-31(18-20-8-7-9-22(17-20)26-28-19(2)35-30-26)27(32)29-23-14-12-21(13-15-23)24-10-5-6-11-25(24)36(3,33)34/h5-15,17H,4,16,18H2,1-3H3,(H,29,32). The molecule has 4 aromatic rings. The number of hydrogen-bond acceptors (Lipinski definition) is 6. The minimum absolute atomic E-state index is 0.220. The van der Waals surface area contributed by atoms with Crippen LogP contribution in [0.25, 0.3) is 22.5 Å². The lowest BCUT2D eigenvalue weighted by atomic mass is 10.1. The van der Waals surface area contributed by atoms with E-state index in [1.807, 2.05) is 31.2 Å². The Balaban J connectivity index is 1.49. The molecule has 36 heavy (non-hydrogen) atoms. The van der Waals surface area contributed by atoms with Crippen molar-refractivity contribution in [3.05, 3.63) is 84.3 Å². The van der Waals surface area contributed by atoms with Gasteiger partial charge in [0.2, 0.25) is 11.7 Å². The fraction of sp³-hybridized carbons (Fsp3) is 0.222. The second kappa shape index (κ2) is 10.7. The van der Waals surface area contributed by atoms with Gasteiger partial charge in [0.05, 0.1) is 4.90 Å². The van der Waals surface area contributed by atoms with Crippen LogP contribution in [-0.4, -0.2) is 42.3 Å². The maximum absolute atomic E-state index is 13.1. The Labute approximate surface area is 210 Å². The topological polar surface area (TPSA) is 105 Å². The molecule has 1 N–H and O–H groups in total. The first-order chi connectivity index (χ1) is 17.2. The lowest BCUT2D eigenvalue weighted by Gasteiger charge is -2.23. The fourth-order valence-electron chi connectivity index (χ4n) is 3.93. The summed E-state index contributed by atoms with van der Waals surface area (Å²) in [5.41, 5.74) is 3.78. The Morgan fingerprint density at radius 3 is 2.42 bits per heavy atom. The van der Waals surface area contributed by atoms with Gasteiger partial charge in [0.25, 0.3) is 0 Å². The summed E-state index contributed by atoms with van der Waals surface area (Å²) in [7, 11) is -3.37. The molecule has 4 rings (SSSR count). The van der Waals surface area contributed by atoms with E-state index in [1.54, 1.807) is 60.4 Å². The van der Waals surface area contributed by atoms with Crippen molar-refractivity contribution in [3.8, 4) is 22.5 Å². The number of carbonyl (C=O) groups is 1. The second-order valence-corrected chi connectivity index (χ2v) is 10.5. The van der Waals surface area contributed by atoms with Crippen molar-refractivity contribution in [1.29, 1.82) is 0 Å². The van der Waals surface area contributed by atoms with Gasteiger partial charge in [-0.2, -0.15) is 4.98 Å². The third-order valence-electron chi connectivity index (χ3n) is 5.60. The zero-order chi connectivity index (χ0) is 25.7. The molecule has 0 aliphatic carbocycles. The predicted octanol–water partition coefficient (Wildman–Crippen LogP) is 5.56. The van der Waals surface area contributed by atoms with Gasteiger partial charge < -0.3 is 14.7 Å². The number of aryl methyl sites for hydroxylation is 1. The molecule has 0 radical (unpaired) electrons. The van der Waals surface area contributed by atoms with Crippen LogP contribution in [0.3, 0.4) is 0 Å². The van der Waals surface area contributed by atoms with E-state index in [-0.39, 0.29) is 10.9 Å². The Kier molecular flexibility index (Phi) is 7.49. The molecule has 8 nitrogen and oxygen atoms in total. The summed E-state index contributed by atoms with van der Waals surface area (Å²) in [5, 5.41) is 6.92. The molecule has 0 bridgehead atoms. The van der Waals surface area contributed by atoms with E-state index in [4.69, 9.17) is 4.52 Å². The van der Waals surface area contributed by atoms with Crippen LogP contribution in [0.1, 0.15) is 24.8 Å². The molecule has 0 saturated carbocycles. The third-order valence-corrected chi connectivity index (χ3v) is 6.76. The van der Waals surface area contributed by atoms with Crippen molar-refractivity contribution in [3.63, 3.8) is 0 Å². The lowest BCUT2D eigenvalue weighted by molar-refractivity contribution is 0.209. The van der Waals surface area contributed by atoms with E-state index in [2.05, 4.69) is 15.5 Å². The van der Waals surface area contributed by atoms with Crippen molar-refractivity contribution in [2.45, 2.75) is 31.7 Å². The average molecular weight is 505 g/mol. The normalized spacial score (nSPS) is 11.3. The van der Waals surface area contributed by atoms with Gasteiger partial charge in [-0.25, -0.2) is 13.2 Å². The van der Waals surface area contributed by atoms with Crippen molar-refractivity contribution < 1.29 is 17.7 Å². The monoisotopic (exact) mass is 504 g/mol. The van der Waals surface area contributed by atoms with Gasteiger partial charge in [0.1, 0.15) is 0 Å². The Bertz CT molecular complexity index is 1460. The number of amides is 2. The smallest absolute Gasteiger partial charge is 0.322 e. The number of hydrogen-bond donors (Lipinski definition) is 1. The molecule has 0 atom stereocenters. The van der Waals surface area contributed by atoms with Gasteiger partial charge in [0, 0.05) is 43.1 Å². The molecule has 1 aromatic heterocycles. The molecular weight excluding hydrogens is 476 g/mol. The van der Waals surface area contributed by atoms with Crippen molar-refractivity contribution in [2.75, 3.05) is 18.1 Å². The maximum atomic E-state index is 13.1. The van der Waals surface area contributed by atoms with Gasteiger partial charge >= 0.3 is 6.03 Å². The Morgan fingerprint density at radius 2 is 1.75 bits per heavy atom. The minimum atomic E-state index is -3.37. The summed E-state index contributed by atoms with van der Waals surface area (Å²) < 4.78 is 29.4. The first-order valence-corrected chi connectivity index (χ1v) is 13.5. The second-order valence-electron chi connectivity index (χ2n) is 8.53. The van der Waals surface area contributed by atoms with E-state index < -0.39 is 9.84 Å². The molecule has 186 valence electrons. The summed E-state index contributed by atoms with van der Waals surface area (Å²) in [6.45, 7) is 4.76. The number of aromatic nitrogens is 2. The number of rotatable bonds is 8. The van der Waals surface area contributed by atoms with Crippen LogP contribution in [0.5, 0.6) is 0 Å². The molecule has 2 amide bonds. The van der Waals surface area contributed by atoms with Crippen LogP contribution in [0.2, 0.25) is 0 Å². The van der Waals surface area contributed by atoms with Crippen LogP contribution < -0.4 is 5.32 Å². The number of urea groups is 1. The molecule has 9 heteroatoms. The summed E-state index contributed by atoms with van der Waals surface area (Å²) in [4.78, 5) is 19.4. The van der Waals surface area contributed by atoms with E-state index in [0.29, 0.717) is 36.1 Å². The zero-order valence-electron chi connectivity index (χ0n) is 20.4. The number of anilines is 1. The zero-order valence-corrected chi connectivity index (χ0v) is 21.2. The summed E-state index contributed by atoms with van der Waals surface area (Å²) in [6, 6.07) is 21.5. The van der Waals surface area contributed by atoms with Gasteiger partial charge in [-0.15, -0.1) is 0 Å². The fourth-order valence-corrected chi connectivity index (χ4v) is 4.84. The van der Waals surface area contributed by atoms with E-state index in [9.17, 15) is 13.2 Å². The first kappa shape index (κ1) is 25.1. The van der Waals surface area contributed by atoms with Crippen molar-refractivity contribution in [2.24, 2.45) is 0 Å². The predicted molar refractivity (Wildman–Crippen MR) is 139 cm³/mol. The SMILES string of the molecule is CCCN(Cc1cccc(-c2noc(C)n2)c1)C(=O)Nc1ccc(-c2ccccc2S(C)(=O)=O)cc1. The number of nitrogens with one attached hydrogen (secondary N) is 1. The maximum Gasteiger partial charge on any atom is 0.322 e. The van der Waals surface area contributed by atoms with Gasteiger partial charge in [-0.05, 0) is 41.8 Å². The summed E-state index contributed by atoms with van der Waals surface area (Å²) in [6.07, 6.45) is 2.00. The molecule has 0 spiro atoms. The molecule has 1 heterocycles. The molecule has 0 fully saturated rings. The molecular formula is C27H28N4O4S. The van der Waals surface area contributed by atoms with Gasteiger partial charge in [0.15, 0.2) is 9.84 Å². The molecule has 3 aromatic carbocycles. The third kappa shape index (κ3) is 5.98. The largest absolute Gasteiger partial charge is 0.339 e. The lowest BCUT2D eigenvalue weighted by Crippen LogP contribution is -2.35. The molecule has 0 unspecified atom stereocenters. The van der Waals surface area contributed by atoms with E-state index in [1.165, 1.54) is 6.26 Å². The summed E-state index contributed by atoms with van der Waals surface area (Å²) in [5.74, 6) is 1.01. The number of sulfone groups is 1. The molecule has 0 saturated heterocycles. The quantitative estimate of drug-likeness (QED) is 0.337. The highest BCUT2D eigenvalue weighted by Gasteiger charge is 2.16. The minimum Gasteiger partial charge on any atom is -0.339 e. The first-order valence-electron chi connectivity index (χ1n) is 11.6. The highest BCUT2D eigenvalue weighted by atomic mass is 32.2. The highest BCUT2D eigenvalue weighted by Crippen LogP contribution is 2.28. The average Bonchev–Trinajstić information content (AvgIpc) is 3.30. The van der Waals surface area contributed by atoms with E-state index in [0.717, 1.165) is 23.1 Å². The Hall–Kier alpha value is -3.98. The van der Waals surface area contributed by atoms with Crippen LogP contribution in [0, 0.1) is 6.92 Å². The van der Waals surface area contributed by atoms with E-state index >= 15 is 0 Å². The summed E-state index contributed by atoms with van der Waals surface area (Å²) >= 11 is 0. The van der Waals surface area contributed by atoms with Crippen LogP contribution in [0.4, 0.5) is 10.5 Å². The Morgan fingerprint density at radius 1 is 1.00 bits per heavy atom.